The van der Waals surface area contributed by atoms with E-state index in [0.717, 1.165) is 0 Å². The Morgan fingerprint density at radius 3 is 2.48 bits per heavy atom. The van der Waals surface area contributed by atoms with E-state index in [1.54, 1.807) is 11.6 Å². The minimum atomic E-state index is -4.62. The maximum Gasteiger partial charge on any atom is 0.417 e. The van der Waals surface area contributed by atoms with Crippen molar-refractivity contribution in [1.82, 2.24) is 9.71 Å². The van der Waals surface area contributed by atoms with Crippen molar-refractivity contribution in [3.63, 3.8) is 0 Å². The predicted molar refractivity (Wildman–Crippen MR) is 65.7 cm³/mol. The summed E-state index contributed by atoms with van der Waals surface area (Å²) in [4.78, 5) is 14.7. The van der Waals surface area contributed by atoms with Crippen LogP contribution in [0.3, 0.4) is 0 Å². The lowest BCUT2D eigenvalue weighted by atomic mass is 10.3. The smallest absolute Gasteiger partial charge is 0.369 e. The van der Waals surface area contributed by atoms with Crippen LogP contribution >= 0.6 is 0 Å². The normalized spacial score (nSPS) is 13.8. The number of pyridine rings is 1. The van der Waals surface area contributed by atoms with Gasteiger partial charge < -0.3 is 4.74 Å². The molecular weight excluding hydrogens is 313 g/mol. The van der Waals surface area contributed by atoms with E-state index in [2.05, 4.69) is 4.98 Å². The SMILES string of the molecule is CCOC(C)C(=O)NS(=O)(=O)c1ccc(C(F)(F)F)cn1. The third kappa shape index (κ3) is 4.67. The Bertz CT molecular complexity index is 599. The molecule has 21 heavy (non-hydrogen) atoms. The fourth-order valence-electron chi connectivity index (χ4n) is 1.30. The first kappa shape index (κ1) is 17.4. The molecule has 1 heterocycles. The standard InChI is InChI=1S/C11H13F3N2O4S/c1-3-20-7(2)10(17)16-21(18,19)9-5-4-8(6-15-9)11(12,13)14/h4-7H,3H2,1-2H3,(H,16,17). The summed E-state index contributed by atoms with van der Waals surface area (Å²) in [5.74, 6) is -0.932. The monoisotopic (exact) mass is 326 g/mol. The van der Waals surface area contributed by atoms with Crippen molar-refractivity contribution in [2.75, 3.05) is 6.61 Å². The van der Waals surface area contributed by atoms with Gasteiger partial charge in [-0.15, -0.1) is 0 Å². The first-order valence-electron chi connectivity index (χ1n) is 5.79. The van der Waals surface area contributed by atoms with Crippen molar-refractivity contribution in [1.29, 1.82) is 0 Å². The van der Waals surface area contributed by atoms with Gasteiger partial charge in [0.15, 0.2) is 5.03 Å². The molecule has 6 nitrogen and oxygen atoms in total. The summed E-state index contributed by atoms with van der Waals surface area (Å²) in [6, 6.07) is 1.24. The van der Waals surface area contributed by atoms with E-state index in [4.69, 9.17) is 4.74 Å². The molecule has 0 aliphatic carbocycles. The van der Waals surface area contributed by atoms with Crippen LogP contribution in [0, 0.1) is 0 Å². The van der Waals surface area contributed by atoms with E-state index in [0.29, 0.717) is 18.3 Å². The third-order valence-corrected chi connectivity index (χ3v) is 3.62. The minimum Gasteiger partial charge on any atom is -0.369 e. The lowest BCUT2D eigenvalue weighted by molar-refractivity contribution is -0.138. The number of carbonyl (C=O) groups is 1. The third-order valence-electron chi connectivity index (χ3n) is 2.36. The number of carbonyl (C=O) groups excluding carboxylic acids is 1. The highest BCUT2D eigenvalue weighted by Crippen LogP contribution is 2.28. The topological polar surface area (TPSA) is 85.4 Å². The Morgan fingerprint density at radius 1 is 1.43 bits per heavy atom. The highest BCUT2D eigenvalue weighted by molar-refractivity contribution is 7.90. The van der Waals surface area contributed by atoms with Gasteiger partial charge in [-0.1, -0.05) is 0 Å². The zero-order chi connectivity index (χ0) is 16.3. The van der Waals surface area contributed by atoms with Crippen molar-refractivity contribution in [3.8, 4) is 0 Å². The molecule has 0 fully saturated rings. The van der Waals surface area contributed by atoms with E-state index < -0.39 is 38.8 Å². The first-order chi connectivity index (χ1) is 9.58. The zero-order valence-electron chi connectivity index (χ0n) is 11.1. The molecule has 1 N–H and O–H groups in total. The summed E-state index contributed by atoms with van der Waals surface area (Å²) < 4.78 is 67.2. The number of amides is 1. The average molecular weight is 326 g/mol. The fraction of sp³-hybridized carbons (Fsp3) is 0.455. The number of ether oxygens (including phenoxy) is 1. The van der Waals surface area contributed by atoms with Crippen LogP contribution in [-0.2, 0) is 25.7 Å². The van der Waals surface area contributed by atoms with Gasteiger partial charge in [0.05, 0.1) is 5.56 Å². The number of nitrogens with zero attached hydrogens (tertiary/aromatic N) is 1. The van der Waals surface area contributed by atoms with Gasteiger partial charge in [-0.3, -0.25) is 4.79 Å². The molecule has 1 aromatic heterocycles. The molecule has 1 amide bonds. The first-order valence-corrected chi connectivity index (χ1v) is 7.27. The molecule has 0 aliphatic heterocycles. The number of hydrogen-bond acceptors (Lipinski definition) is 5. The van der Waals surface area contributed by atoms with Crippen molar-refractivity contribution >= 4 is 15.9 Å². The van der Waals surface area contributed by atoms with Crippen molar-refractivity contribution in [2.45, 2.75) is 31.2 Å². The minimum absolute atomic E-state index is 0.202. The summed E-state index contributed by atoms with van der Waals surface area (Å²) >= 11 is 0. The summed E-state index contributed by atoms with van der Waals surface area (Å²) in [5.41, 5.74) is -1.09. The Balaban J connectivity index is 2.91. The van der Waals surface area contributed by atoms with Crippen LogP contribution in [0.25, 0.3) is 0 Å². The van der Waals surface area contributed by atoms with E-state index in [1.165, 1.54) is 6.92 Å². The van der Waals surface area contributed by atoms with Crippen molar-refractivity contribution in [3.05, 3.63) is 23.9 Å². The van der Waals surface area contributed by atoms with Crippen molar-refractivity contribution in [2.24, 2.45) is 0 Å². The highest BCUT2D eigenvalue weighted by Gasteiger charge is 2.31. The number of sulfonamides is 1. The molecule has 1 aromatic rings. The number of halogens is 3. The van der Waals surface area contributed by atoms with E-state index in [-0.39, 0.29) is 6.61 Å². The zero-order valence-corrected chi connectivity index (χ0v) is 12.0. The second-order valence-corrected chi connectivity index (χ2v) is 5.58. The van der Waals surface area contributed by atoms with Crippen LogP contribution < -0.4 is 4.72 Å². The van der Waals surface area contributed by atoms with Gasteiger partial charge in [-0.2, -0.15) is 21.6 Å². The molecule has 0 bridgehead atoms. The number of rotatable bonds is 5. The average Bonchev–Trinajstić information content (AvgIpc) is 2.37. The maximum absolute atomic E-state index is 12.3. The van der Waals surface area contributed by atoms with Crippen LogP contribution in [0.1, 0.15) is 19.4 Å². The lowest BCUT2D eigenvalue weighted by Gasteiger charge is -2.12. The summed E-state index contributed by atoms with van der Waals surface area (Å²) in [6.45, 7) is 3.16. The predicted octanol–water partition coefficient (Wildman–Crippen LogP) is 1.33. The fourth-order valence-corrected chi connectivity index (χ4v) is 2.27. The molecule has 10 heteroatoms. The molecule has 1 atom stereocenters. The van der Waals surface area contributed by atoms with E-state index in [1.807, 2.05) is 0 Å². The highest BCUT2D eigenvalue weighted by atomic mass is 32.2. The Labute approximate surface area is 119 Å². The lowest BCUT2D eigenvalue weighted by Crippen LogP contribution is -2.38. The molecule has 118 valence electrons. The second-order valence-electron chi connectivity index (χ2n) is 3.95. The maximum atomic E-state index is 12.3. The van der Waals surface area contributed by atoms with Crippen molar-refractivity contribution < 1.29 is 31.1 Å². The van der Waals surface area contributed by atoms with Crippen LogP contribution in [0.4, 0.5) is 13.2 Å². The van der Waals surface area contributed by atoms with Crippen LogP contribution in [0.2, 0.25) is 0 Å². The number of alkyl halides is 3. The Kier molecular flexibility index (Phi) is 5.29. The number of hydrogen-bond donors (Lipinski definition) is 1. The molecule has 0 aromatic carbocycles. The van der Waals surface area contributed by atoms with Crippen LogP contribution in [0.15, 0.2) is 23.4 Å². The van der Waals surface area contributed by atoms with E-state index >= 15 is 0 Å². The van der Waals surface area contributed by atoms with Gasteiger partial charge >= 0.3 is 6.18 Å². The Hall–Kier alpha value is -1.68. The van der Waals surface area contributed by atoms with Gasteiger partial charge in [-0.25, -0.2) is 9.71 Å². The molecule has 0 saturated heterocycles. The molecular formula is C11H13F3N2O4S. The van der Waals surface area contributed by atoms with Gasteiger partial charge in [0, 0.05) is 12.8 Å². The molecule has 1 rings (SSSR count). The van der Waals surface area contributed by atoms with Crippen LogP contribution in [-0.4, -0.2) is 32.0 Å². The van der Waals surface area contributed by atoms with Crippen LogP contribution in [0.5, 0.6) is 0 Å². The van der Waals surface area contributed by atoms with E-state index in [9.17, 15) is 26.4 Å². The quantitative estimate of drug-likeness (QED) is 0.882. The summed E-state index contributed by atoms with van der Waals surface area (Å²) in [6.07, 6.45) is -5.26. The largest absolute Gasteiger partial charge is 0.417 e. The van der Waals surface area contributed by atoms with Gasteiger partial charge in [0.1, 0.15) is 6.10 Å². The molecule has 1 unspecified atom stereocenters. The number of nitrogens with one attached hydrogen (secondary N) is 1. The molecule has 0 radical (unpaired) electrons. The molecule has 0 spiro atoms. The number of aromatic nitrogens is 1. The second kappa shape index (κ2) is 6.39. The molecule has 0 aliphatic rings. The Morgan fingerprint density at radius 2 is 2.05 bits per heavy atom. The van der Waals surface area contributed by atoms with Gasteiger partial charge in [0.2, 0.25) is 0 Å². The van der Waals surface area contributed by atoms with Gasteiger partial charge in [0.25, 0.3) is 15.9 Å². The molecule has 0 saturated carbocycles. The van der Waals surface area contributed by atoms with Gasteiger partial charge in [-0.05, 0) is 26.0 Å². The summed E-state index contributed by atoms with van der Waals surface area (Å²) in [7, 11) is -4.34. The summed E-state index contributed by atoms with van der Waals surface area (Å²) in [5, 5.41) is -0.687.